The van der Waals surface area contributed by atoms with Crippen molar-refractivity contribution >= 4 is 35.6 Å². The molecule has 190 valence electrons. The summed E-state index contributed by atoms with van der Waals surface area (Å²) in [6.45, 7) is 11.3. The number of carbonyl (C=O) groups is 2. The number of hydrogen-bond donors (Lipinski definition) is 0. The number of carbonyl (C=O) groups excluding carboxylic acids is 2. The first kappa shape index (κ1) is 27.4. The molecule has 3 aromatic carbocycles. The van der Waals surface area contributed by atoms with E-state index in [0.717, 1.165) is 23.4 Å². The van der Waals surface area contributed by atoms with Crippen LogP contribution in [0.2, 0.25) is 5.02 Å². The van der Waals surface area contributed by atoms with Crippen LogP contribution in [0, 0.1) is 20.8 Å². The van der Waals surface area contributed by atoms with Crippen LogP contribution in [0.4, 0.5) is 0 Å². The average molecular weight is 527 g/mol. The zero-order chi connectivity index (χ0) is 26.6. The predicted octanol–water partition coefficient (Wildman–Crippen LogP) is 7.21. The maximum atomic E-state index is 14.0. The summed E-state index contributed by atoms with van der Waals surface area (Å²) in [5, 5.41) is 1.99. The van der Waals surface area contributed by atoms with Gasteiger partial charge in [-0.3, -0.25) is 9.59 Å². The molecule has 0 aliphatic carbocycles. The maximum Gasteiger partial charge on any atom is 0.285 e. The molecule has 0 aromatic heterocycles. The molecular formula is C28H31ClN2O4S. The first-order chi connectivity index (χ1) is 16.9. The lowest BCUT2D eigenvalue weighted by atomic mass is 10.0. The van der Waals surface area contributed by atoms with Crippen molar-refractivity contribution in [3.63, 3.8) is 0 Å². The van der Waals surface area contributed by atoms with Gasteiger partial charge in [0, 0.05) is 21.7 Å². The molecule has 0 aliphatic rings. The first-order valence-corrected chi connectivity index (χ1v) is 12.5. The fourth-order valence-electron chi connectivity index (χ4n) is 3.78. The van der Waals surface area contributed by atoms with Gasteiger partial charge in [-0.15, -0.1) is 4.41 Å². The number of benzene rings is 3. The van der Waals surface area contributed by atoms with Gasteiger partial charge in [0.1, 0.15) is 11.5 Å². The molecule has 8 heteroatoms. The number of nitrogens with zero attached hydrogens (tertiary/aromatic N) is 2. The van der Waals surface area contributed by atoms with Crippen molar-refractivity contribution in [1.29, 1.82) is 0 Å². The second kappa shape index (κ2) is 11.3. The van der Waals surface area contributed by atoms with Gasteiger partial charge in [0.2, 0.25) is 12.2 Å². The smallest absolute Gasteiger partial charge is 0.285 e. The van der Waals surface area contributed by atoms with Gasteiger partial charge in [-0.25, -0.2) is 5.01 Å². The minimum Gasteiger partial charge on any atom is -0.496 e. The molecule has 0 unspecified atom stereocenters. The quantitative estimate of drug-likeness (QED) is 0.193. The van der Waals surface area contributed by atoms with E-state index in [4.69, 9.17) is 20.5 Å². The molecule has 0 aliphatic heterocycles. The summed E-state index contributed by atoms with van der Waals surface area (Å²) >= 11 is 6.79. The third-order valence-corrected chi connectivity index (χ3v) is 6.39. The van der Waals surface area contributed by atoms with Crippen LogP contribution in [0.3, 0.4) is 0 Å². The summed E-state index contributed by atoms with van der Waals surface area (Å²) in [5.74, 6) is 0.335. The summed E-state index contributed by atoms with van der Waals surface area (Å²) < 4.78 is 12.6. The number of methoxy groups -OCH3 is 1. The Morgan fingerprint density at radius 1 is 0.889 bits per heavy atom. The number of hydrogen-bond acceptors (Lipinski definition) is 5. The zero-order valence-corrected chi connectivity index (χ0v) is 23.2. The number of ether oxygens (including phenoxy) is 1. The van der Waals surface area contributed by atoms with Crippen LogP contribution in [0.15, 0.2) is 60.7 Å². The van der Waals surface area contributed by atoms with Gasteiger partial charge in [0.25, 0.3) is 11.8 Å². The number of aryl methyl sites for hydroxylation is 2. The third-order valence-electron chi connectivity index (χ3n) is 5.40. The summed E-state index contributed by atoms with van der Waals surface area (Å²) in [4.78, 5) is 28.0. The Hall–Kier alpha value is -3.16. The fraction of sp³-hybridized carbons (Fsp3) is 0.286. The van der Waals surface area contributed by atoms with Gasteiger partial charge in [0.15, 0.2) is 0 Å². The molecule has 0 bridgehead atoms. The standard InChI is InChI=1S/C28H31ClN2O4S/c1-18-15-19(2)17-21(16-18)26(32)31(36-35-23-13-11-22(29)12-14-23)30(28(4,5)6)27(33)24-9-8-10-25(34-7)20(24)3/h8-17H,1-7H3. The van der Waals surface area contributed by atoms with Gasteiger partial charge < -0.3 is 8.92 Å². The van der Waals surface area contributed by atoms with E-state index >= 15 is 0 Å². The van der Waals surface area contributed by atoms with Crippen molar-refractivity contribution in [2.75, 3.05) is 7.11 Å². The van der Waals surface area contributed by atoms with E-state index in [1.165, 1.54) is 9.42 Å². The Balaban J connectivity index is 2.10. The highest BCUT2D eigenvalue weighted by Gasteiger charge is 2.38. The van der Waals surface area contributed by atoms with Crippen LogP contribution in [-0.4, -0.2) is 33.9 Å². The van der Waals surface area contributed by atoms with Gasteiger partial charge in [0.05, 0.1) is 12.6 Å². The van der Waals surface area contributed by atoms with E-state index < -0.39 is 5.54 Å². The topological polar surface area (TPSA) is 59.1 Å². The van der Waals surface area contributed by atoms with E-state index in [0.29, 0.717) is 33.2 Å². The van der Waals surface area contributed by atoms with Crippen molar-refractivity contribution in [3.05, 3.63) is 93.5 Å². The molecule has 0 radical (unpaired) electrons. The Labute approximate surface area is 222 Å². The van der Waals surface area contributed by atoms with Gasteiger partial charge >= 0.3 is 0 Å². The van der Waals surface area contributed by atoms with Crippen molar-refractivity contribution < 1.29 is 18.5 Å². The van der Waals surface area contributed by atoms with E-state index in [2.05, 4.69) is 0 Å². The molecule has 0 fully saturated rings. The Morgan fingerprint density at radius 3 is 2.06 bits per heavy atom. The normalized spacial score (nSPS) is 11.1. The average Bonchev–Trinajstić information content (AvgIpc) is 2.80. The molecule has 36 heavy (non-hydrogen) atoms. The van der Waals surface area contributed by atoms with Crippen LogP contribution in [0.5, 0.6) is 11.5 Å². The van der Waals surface area contributed by atoms with Crippen molar-refractivity contribution in [1.82, 2.24) is 9.42 Å². The fourth-order valence-corrected chi connectivity index (χ4v) is 4.73. The molecule has 0 saturated carbocycles. The van der Waals surface area contributed by atoms with Crippen LogP contribution >= 0.6 is 23.8 Å². The monoisotopic (exact) mass is 526 g/mol. The summed E-state index contributed by atoms with van der Waals surface area (Å²) in [5.41, 5.74) is 2.66. The molecule has 0 heterocycles. The number of amides is 2. The van der Waals surface area contributed by atoms with E-state index in [1.807, 2.05) is 47.6 Å². The van der Waals surface area contributed by atoms with Crippen molar-refractivity contribution in [3.8, 4) is 11.5 Å². The molecule has 3 rings (SSSR count). The van der Waals surface area contributed by atoms with Gasteiger partial charge in [-0.2, -0.15) is 0 Å². The molecule has 0 atom stereocenters. The third kappa shape index (κ3) is 6.33. The minimum atomic E-state index is -0.780. The lowest BCUT2D eigenvalue weighted by molar-refractivity contribution is -0.00189. The molecule has 2 amide bonds. The highest BCUT2D eigenvalue weighted by molar-refractivity contribution is 7.93. The van der Waals surface area contributed by atoms with Crippen molar-refractivity contribution in [2.24, 2.45) is 0 Å². The molecule has 0 N–H and O–H groups in total. The lowest BCUT2D eigenvalue weighted by Gasteiger charge is -2.41. The van der Waals surface area contributed by atoms with Crippen LogP contribution < -0.4 is 8.92 Å². The largest absolute Gasteiger partial charge is 0.496 e. The Bertz CT molecular complexity index is 1240. The minimum absolute atomic E-state index is 0.358. The molecule has 6 nitrogen and oxygen atoms in total. The van der Waals surface area contributed by atoms with Gasteiger partial charge in [-0.05, 0) is 90.1 Å². The van der Waals surface area contributed by atoms with E-state index in [9.17, 15) is 9.59 Å². The number of halogens is 1. The SMILES string of the molecule is COc1cccc(C(=O)N(N(SOc2ccc(Cl)cc2)C(=O)c2cc(C)cc(C)c2)C(C)(C)C)c1C. The molecule has 3 aromatic rings. The molecule has 0 saturated heterocycles. The highest BCUT2D eigenvalue weighted by atomic mass is 35.5. The zero-order valence-electron chi connectivity index (χ0n) is 21.6. The maximum absolute atomic E-state index is 14.0. The molecular weight excluding hydrogens is 496 g/mol. The second-order valence-corrected chi connectivity index (χ2v) is 10.6. The lowest BCUT2D eigenvalue weighted by Crippen LogP contribution is -2.55. The Morgan fingerprint density at radius 2 is 1.50 bits per heavy atom. The highest BCUT2D eigenvalue weighted by Crippen LogP contribution is 2.32. The Kier molecular flexibility index (Phi) is 8.59. The molecule has 0 spiro atoms. The van der Waals surface area contributed by atoms with Crippen LogP contribution in [0.25, 0.3) is 0 Å². The summed E-state index contributed by atoms with van der Waals surface area (Å²) in [7, 11) is 1.56. The van der Waals surface area contributed by atoms with Crippen LogP contribution in [0.1, 0.15) is 58.2 Å². The van der Waals surface area contributed by atoms with Crippen LogP contribution in [-0.2, 0) is 0 Å². The number of hydrazine groups is 1. The summed E-state index contributed by atoms with van der Waals surface area (Å²) in [6.07, 6.45) is 0. The van der Waals surface area contributed by atoms with Gasteiger partial charge in [-0.1, -0.05) is 34.9 Å². The second-order valence-electron chi connectivity index (χ2n) is 9.49. The first-order valence-electron chi connectivity index (χ1n) is 11.4. The summed E-state index contributed by atoms with van der Waals surface area (Å²) in [6, 6.07) is 17.7. The number of rotatable bonds is 6. The predicted molar refractivity (Wildman–Crippen MR) is 145 cm³/mol. The van der Waals surface area contributed by atoms with E-state index in [-0.39, 0.29) is 11.8 Å². The van der Waals surface area contributed by atoms with Crippen molar-refractivity contribution in [2.45, 2.75) is 47.1 Å². The van der Waals surface area contributed by atoms with E-state index in [1.54, 1.807) is 61.7 Å².